The smallest absolute Gasteiger partial charge is 0.338 e. The van der Waals surface area contributed by atoms with E-state index in [2.05, 4.69) is 10.6 Å². The lowest BCUT2D eigenvalue weighted by Crippen LogP contribution is -2.28. The first-order chi connectivity index (χ1) is 13.9. The SMILES string of the molecule is CCOC(=O)c1ccc(NC(=S)NCc2ccc(OC)c(OC)c2OC)c(C)c1. The van der Waals surface area contributed by atoms with E-state index in [1.54, 1.807) is 46.5 Å². The molecule has 2 aromatic rings. The molecule has 0 aliphatic heterocycles. The zero-order valence-corrected chi connectivity index (χ0v) is 18.1. The van der Waals surface area contributed by atoms with Crippen molar-refractivity contribution in [3.05, 3.63) is 47.0 Å². The Labute approximate surface area is 176 Å². The molecule has 0 atom stereocenters. The number of aryl methyl sites for hydroxylation is 1. The van der Waals surface area contributed by atoms with Crippen molar-refractivity contribution in [1.29, 1.82) is 0 Å². The summed E-state index contributed by atoms with van der Waals surface area (Å²) in [5, 5.41) is 6.73. The zero-order chi connectivity index (χ0) is 21.4. The zero-order valence-electron chi connectivity index (χ0n) is 17.3. The maximum absolute atomic E-state index is 11.8. The third kappa shape index (κ3) is 5.51. The van der Waals surface area contributed by atoms with Gasteiger partial charge in [-0.1, -0.05) is 0 Å². The van der Waals surface area contributed by atoms with Crippen LogP contribution in [0.15, 0.2) is 30.3 Å². The number of anilines is 1. The lowest BCUT2D eigenvalue weighted by atomic mass is 10.1. The second-order valence-electron chi connectivity index (χ2n) is 6.05. The fourth-order valence-corrected chi connectivity index (χ4v) is 2.97. The Morgan fingerprint density at radius 2 is 1.76 bits per heavy atom. The molecule has 0 saturated carbocycles. The van der Waals surface area contributed by atoms with Gasteiger partial charge in [-0.3, -0.25) is 0 Å². The molecule has 2 N–H and O–H groups in total. The summed E-state index contributed by atoms with van der Waals surface area (Å²) in [6.07, 6.45) is 0. The van der Waals surface area contributed by atoms with Crippen LogP contribution < -0.4 is 24.8 Å². The first-order valence-corrected chi connectivity index (χ1v) is 9.46. The van der Waals surface area contributed by atoms with E-state index in [1.807, 2.05) is 19.1 Å². The minimum atomic E-state index is -0.344. The number of hydrogen-bond acceptors (Lipinski definition) is 6. The van der Waals surface area contributed by atoms with Crippen molar-refractivity contribution in [2.75, 3.05) is 33.3 Å². The number of esters is 1. The molecule has 8 heteroatoms. The quantitative estimate of drug-likeness (QED) is 0.497. The molecule has 156 valence electrons. The monoisotopic (exact) mass is 418 g/mol. The Bertz CT molecular complexity index is 886. The molecule has 0 unspecified atom stereocenters. The van der Waals surface area contributed by atoms with Gasteiger partial charge in [0.15, 0.2) is 16.6 Å². The predicted molar refractivity (Wildman–Crippen MR) is 116 cm³/mol. The van der Waals surface area contributed by atoms with Crippen LogP contribution in [0, 0.1) is 6.92 Å². The molecular formula is C21H26N2O5S. The maximum atomic E-state index is 11.8. The molecular weight excluding hydrogens is 392 g/mol. The van der Waals surface area contributed by atoms with E-state index in [0.29, 0.717) is 41.1 Å². The first kappa shape index (κ1) is 22.3. The van der Waals surface area contributed by atoms with Crippen molar-refractivity contribution in [2.24, 2.45) is 0 Å². The van der Waals surface area contributed by atoms with Crippen LogP contribution in [0.25, 0.3) is 0 Å². The fraction of sp³-hybridized carbons (Fsp3) is 0.333. The van der Waals surface area contributed by atoms with Crippen molar-refractivity contribution in [3.63, 3.8) is 0 Å². The van der Waals surface area contributed by atoms with E-state index in [1.165, 1.54) is 0 Å². The minimum Gasteiger partial charge on any atom is -0.493 e. The molecule has 0 aliphatic rings. The van der Waals surface area contributed by atoms with Crippen LogP contribution in [0.3, 0.4) is 0 Å². The molecule has 0 fully saturated rings. The number of hydrogen-bond donors (Lipinski definition) is 2. The summed E-state index contributed by atoms with van der Waals surface area (Å²) in [6.45, 7) is 4.43. The molecule has 0 radical (unpaired) electrons. The highest BCUT2D eigenvalue weighted by Gasteiger charge is 2.16. The molecule has 2 rings (SSSR count). The van der Waals surface area contributed by atoms with Gasteiger partial charge in [-0.05, 0) is 62.0 Å². The Kier molecular flexibility index (Phi) is 8.09. The molecule has 0 heterocycles. The number of methoxy groups -OCH3 is 3. The average molecular weight is 419 g/mol. The van der Waals surface area contributed by atoms with Crippen LogP contribution in [0.2, 0.25) is 0 Å². The van der Waals surface area contributed by atoms with Crippen LogP contribution >= 0.6 is 12.2 Å². The molecule has 0 spiro atoms. The summed E-state index contributed by atoms with van der Waals surface area (Å²) in [5.74, 6) is 1.35. The number of carbonyl (C=O) groups is 1. The third-order valence-corrected chi connectivity index (χ3v) is 4.46. The molecule has 7 nitrogen and oxygen atoms in total. The maximum Gasteiger partial charge on any atom is 0.338 e. The van der Waals surface area contributed by atoms with E-state index in [0.717, 1.165) is 16.8 Å². The van der Waals surface area contributed by atoms with Crippen LogP contribution in [0.1, 0.15) is 28.4 Å². The van der Waals surface area contributed by atoms with Gasteiger partial charge >= 0.3 is 5.97 Å². The summed E-state index contributed by atoms with van der Waals surface area (Å²) in [5.41, 5.74) is 3.05. The van der Waals surface area contributed by atoms with Crippen molar-refractivity contribution in [2.45, 2.75) is 20.4 Å². The number of thiocarbonyl (C=S) groups is 1. The number of nitrogens with one attached hydrogen (secondary N) is 2. The van der Waals surface area contributed by atoms with Crippen molar-refractivity contribution < 1.29 is 23.7 Å². The molecule has 0 saturated heterocycles. The standard InChI is InChI=1S/C21H26N2O5S/c1-6-28-20(24)14-7-9-16(13(2)11-14)23-21(29)22-12-15-8-10-17(25-3)19(27-5)18(15)26-4/h7-11H,6,12H2,1-5H3,(H2,22,23,29). The normalized spacial score (nSPS) is 10.1. The van der Waals surface area contributed by atoms with Gasteiger partial charge in [0.1, 0.15) is 0 Å². The summed E-state index contributed by atoms with van der Waals surface area (Å²) < 4.78 is 21.2. The van der Waals surface area contributed by atoms with Gasteiger partial charge in [-0.15, -0.1) is 0 Å². The van der Waals surface area contributed by atoms with Crippen LogP contribution in [-0.2, 0) is 11.3 Å². The molecule has 0 bridgehead atoms. The van der Waals surface area contributed by atoms with E-state index in [-0.39, 0.29) is 5.97 Å². The first-order valence-electron chi connectivity index (χ1n) is 9.05. The second kappa shape index (κ2) is 10.5. The van der Waals surface area contributed by atoms with E-state index in [4.69, 9.17) is 31.2 Å². The molecule has 2 aromatic carbocycles. The molecule has 0 aliphatic carbocycles. The van der Waals surface area contributed by atoms with Crippen molar-refractivity contribution in [3.8, 4) is 17.2 Å². The van der Waals surface area contributed by atoms with Gasteiger partial charge in [0.2, 0.25) is 5.75 Å². The highest BCUT2D eigenvalue weighted by Crippen LogP contribution is 2.39. The fourth-order valence-electron chi connectivity index (χ4n) is 2.79. The number of benzene rings is 2. The number of rotatable bonds is 8. The van der Waals surface area contributed by atoms with E-state index >= 15 is 0 Å². The number of carbonyl (C=O) groups excluding carboxylic acids is 1. The van der Waals surface area contributed by atoms with Crippen LogP contribution in [-0.4, -0.2) is 39.0 Å². The summed E-state index contributed by atoms with van der Waals surface area (Å²) in [4.78, 5) is 11.8. The van der Waals surface area contributed by atoms with Gasteiger partial charge < -0.3 is 29.6 Å². The predicted octanol–water partition coefficient (Wildman–Crippen LogP) is 3.68. The highest BCUT2D eigenvalue weighted by molar-refractivity contribution is 7.80. The number of ether oxygens (including phenoxy) is 4. The largest absolute Gasteiger partial charge is 0.493 e. The topological polar surface area (TPSA) is 78.1 Å². The Balaban J connectivity index is 2.06. The molecule has 0 aromatic heterocycles. The average Bonchev–Trinajstić information content (AvgIpc) is 2.72. The molecule has 0 amide bonds. The van der Waals surface area contributed by atoms with E-state index < -0.39 is 0 Å². The third-order valence-electron chi connectivity index (χ3n) is 4.21. The van der Waals surface area contributed by atoms with Gasteiger partial charge in [-0.2, -0.15) is 0 Å². The Morgan fingerprint density at radius 3 is 2.34 bits per heavy atom. The van der Waals surface area contributed by atoms with Crippen molar-refractivity contribution >= 4 is 29.0 Å². The van der Waals surface area contributed by atoms with E-state index in [9.17, 15) is 4.79 Å². The Morgan fingerprint density at radius 1 is 1.03 bits per heavy atom. The molecule has 29 heavy (non-hydrogen) atoms. The second-order valence-corrected chi connectivity index (χ2v) is 6.46. The van der Waals surface area contributed by atoms with Crippen LogP contribution in [0.5, 0.6) is 17.2 Å². The lowest BCUT2D eigenvalue weighted by Gasteiger charge is -2.17. The highest BCUT2D eigenvalue weighted by atomic mass is 32.1. The summed E-state index contributed by atoms with van der Waals surface area (Å²) in [6, 6.07) is 8.96. The van der Waals surface area contributed by atoms with Gasteiger partial charge in [-0.25, -0.2) is 4.79 Å². The van der Waals surface area contributed by atoms with Crippen molar-refractivity contribution in [1.82, 2.24) is 5.32 Å². The van der Waals surface area contributed by atoms with Gasteiger partial charge in [0, 0.05) is 17.8 Å². The van der Waals surface area contributed by atoms with Gasteiger partial charge in [0.05, 0.1) is 33.5 Å². The lowest BCUT2D eigenvalue weighted by molar-refractivity contribution is 0.0526. The van der Waals surface area contributed by atoms with Gasteiger partial charge in [0.25, 0.3) is 0 Å². The Hall–Kier alpha value is -3.00. The van der Waals surface area contributed by atoms with Crippen LogP contribution in [0.4, 0.5) is 5.69 Å². The summed E-state index contributed by atoms with van der Waals surface area (Å²) >= 11 is 5.40. The summed E-state index contributed by atoms with van der Waals surface area (Å²) in [7, 11) is 4.71. The minimum absolute atomic E-state index is 0.339.